The number of fused-ring (bicyclic) bond motifs is 1. The molecule has 2 nitrogen and oxygen atoms in total. The fourth-order valence-corrected chi connectivity index (χ4v) is 2.26. The van der Waals surface area contributed by atoms with Crippen molar-refractivity contribution in [3.63, 3.8) is 0 Å². The van der Waals surface area contributed by atoms with Crippen LogP contribution in [0.3, 0.4) is 0 Å². The Morgan fingerprint density at radius 3 is 3.07 bits per heavy atom. The summed E-state index contributed by atoms with van der Waals surface area (Å²) in [7, 11) is 0. The SMILES string of the molecule is Cc1ccc2c(c1)CC[C@@H]2CC(=O)O. The Hall–Kier alpha value is -1.31. The highest BCUT2D eigenvalue weighted by molar-refractivity contribution is 5.68. The molecule has 2 heteroatoms. The van der Waals surface area contributed by atoms with E-state index in [1.54, 1.807) is 0 Å². The van der Waals surface area contributed by atoms with Gasteiger partial charge >= 0.3 is 5.97 Å². The Labute approximate surface area is 83.6 Å². The zero-order valence-electron chi connectivity index (χ0n) is 8.29. The molecule has 1 aliphatic rings. The van der Waals surface area contributed by atoms with Crippen LogP contribution in [0.25, 0.3) is 0 Å². The summed E-state index contributed by atoms with van der Waals surface area (Å²) in [5.41, 5.74) is 3.86. The first-order valence-electron chi connectivity index (χ1n) is 4.98. The minimum absolute atomic E-state index is 0.239. The minimum atomic E-state index is -0.691. The number of benzene rings is 1. The first-order chi connectivity index (χ1) is 6.66. The fourth-order valence-electron chi connectivity index (χ4n) is 2.26. The second-order valence-corrected chi connectivity index (χ2v) is 4.04. The van der Waals surface area contributed by atoms with Gasteiger partial charge in [-0.1, -0.05) is 23.8 Å². The van der Waals surface area contributed by atoms with Gasteiger partial charge in [0.05, 0.1) is 6.42 Å². The molecule has 14 heavy (non-hydrogen) atoms. The average molecular weight is 190 g/mol. The normalized spacial score (nSPS) is 19.4. The molecule has 0 heterocycles. The number of rotatable bonds is 2. The lowest BCUT2D eigenvalue weighted by molar-refractivity contribution is -0.137. The predicted octanol–water partition coefficient (Wildman–Crippen LogP) is 2.50. The van der Waals surface area contributed by atoms with E-state index in [-0.39, 0.29) is 12.3 Å². The molecule has 1 atom stereocenters. The average Bonchev–Trinajstić information content (AvgIpc) is 2.47. The summed E-state index contributed by atoms with van der Waals surface area (Å²) in [6, 6.07) is 6.33. The molecule has 0 radical (unpaired) electrons. The van der Waals surface area contributed by atoms with Crippen LogP contribution >= 0.6 is 0 Å². The van der Waals surface area contributed by atoms with E-state index >= 15 is 0 Å². The van der Waals surface area contributed by atoms with E-state index in [9.17, 15) is 4.79 Å². The molecule has 0 spiro atoms. The second kappa shape index (κ2) is 3.45. The van der Waals surface area contributed by atoms with E-state index in [0.29, 0.717) is 0 Å². The molecular formula is C12H14O2. The summed E-state index contributed by atoms with van der Waals surface area (Å²) >= 11 is 0. The summed E-state index contributed by atoms with van der Waals surface area (Å²) in [4.78, 5) is 10.6. The van der Waals surface area contributed by atoms with Crippen LogP contribution in [0.4, 0.5) is 0 Å². The van der Waals surface area contributed by atoms with Crippen molar-refractivity contribution in [1.82, 2.24) is 0 Å². The van der Waals surface area contributed by atoms with Crippen molar-refractivity contribution in [3.8, 4) is 0 Å². The molecule has 0 bridgehead atoms. The molecule has 0 unspecified atom stereocenters. The summed E-state index contributed by atoms with van der Waals surface area (Å²) in [5, 5.41) is 8.75. The number of carboxylic acids is 1. The molecule has 0 fully saturated rings. The summed E-state index contributed by atoms with van der Waals surface area (Å²) < 4.78 is 0. The third-order valence-corrected chi connectivity index (χ3v) is 2.92. The van der Waals surface area contributed by atoms with Crippen LogP contribution in [0, 0.1) is 6.92 Å². The number of carbonyl (C=O) groups is 1. The summed E-state index contributed by atoms with van der Waals surface area (Å²) in [6.07, 6.45) is 2.30. The van der Waals surface area contributed by atoms with Crippen LogP contribution < -0.4 is 0 Å². The number of hydrogen-bond acceptors (Lipinski definition) is 1. The van der Waals surface area contributed by atoms with E-state index in [4.69, 9.17) is 5.11 Å². The van der Waals surface area contributed by atoms with Crippen molar-refractivity contribution in [2.24, 2.45) is 0 Å². The van der Waals surface area contributed by atoms with Gasteiger partial charge in [0.1, 0.15) is 0 Å². The van der Waals surface area contributed by atoms with Crippen LogP contribution in [-0.2, 0) is 11.2 Å². The highest BCUT2D eigenvalue weighted by Crippen LogP contribution is 2.35. The number of hydrogen-bond donors (Lipinski definition) is 1. The Morgan fingerprint density at radius 2 is 2.36 bits per heavy atom. The van der Waals surface area contributed by atoms with Gasteiger partial charge in [-0.3, -0.25) is 4.79 Å². The number of aryl methyl sites for hydroxylation is 2. The molecular weight excluding hydrogens is 176 g/mol. The van der Waals surface area contributed by atoms with E-state index in [1.807, 2.05) is 0 Å². The molecule has 1 aromatic rings. The van der Waals surface area contributed by atoms with Crippen LogP contribution in [0.1, 0.15) is 35.4 Å². The van der Waals surface area contributed by atoms with E-state index < -0.39 is 5.97 Å². The zero-order chi connectivity index (χ0) is 10.1. The minimum Gasteiger partial charge on any atom is -0.481 e. The number of carboxylic acid groups (broad SMARTS) is 1. The topological polar surface area (TPSA) is 37.3 Å². The Kier molecular flexibility index (Phi) is 2.28. The van der Waals surface area contributed by atoms with Crippen molar-refractivity contribution >= 4 is 5.97 Å². The second-order valence-electron chi connectivity index (χ2n) is 4.04. The van der Waals surface area contributed by atoms with Gasteiger partial charge in [-0.15, -0.1) is 0 Å². The number of aliphatic carboxylic acids is 1. The van der Waals surface area contributed by atoms with Crippen molar-refractivity contribution in [2.45, 2.75) is 32.1 Å². The van der Waals surface area contributed by atoms with E-state index in [2.05, 4.69) is 25.1 Å². The quantitative estimate of drug-likeness (QED) is 0.778. The van der Waals surface area contributed by atoms with Gasteiger partial charge < -0.3 is 5.11 Å². The van der Waals surface area contributed by atoms with Gasteiger partial charge in [-0.2, -0.15) is 0 Å². The molecule has 2 rings (SSSR count). The Balaban J connectivity index is 2.26. The van der Waals surface area contributed by atoms with Crippen LogP contribution in [-0.4, -0.2) is 11.1 Å². The maximum absolute atomic E-state index is 10.6. The maximum Gasteiger partial charge on any atom is 0.303 e. The Morgan fingerprint density at radius 1 is 1.57 bits per heavy atom. The molecule has 0 saturated carbocycles. The molecule has 1 aliphatic carbocycles. The van der Waals surface area contributed by atoms with Crippen molar-refractivity contribution in [3.05, 3.63) is 34.9 Å². The lowest BCUT2D eigenvalue weighted by atomic mass is 9.97. The van der Waals surface area contributed by atoms with Gasteiger partial charge in [-0.25, -0.2) is 0 Å². The van der Waals surface area contributed by atoms with Crippen LogP contribution in [0.2, 0.25) is 0 Å². The van der Waals surface area contributed by atoms with Crippen molar-refractivity contribution < 1.29 is 9.90 Å². The van der Waals surface area contributed by atoms with Gasteiger partial charge in [0.25, 0.3) is 0 Å². The monoisotopic (exact) mass is 190 g/mol. The highest BCUT2D eigenvalue weighted by Gasteiger charge is 2.24. The predicted molar refractivity (Wildman–Crippen MR) is 54.5 cm³/mol. The van der Waals surface area contributed by atoms with E-state index in [0.717, 1.165) is 12.8 Å². The molecule has 74 valence electrons. The van der Waals surface area contributed by atoms with Crippen LogP contribution in [0.15, 0.2) is 18.2 Å². The molecule has 0 aromatic heterocycles. The largest absolute Gasteiger partial charge is 0.481 e. The first kappa shape index (κ1) is 9.25. The zero-order valence-corrected chi connectivity index (χ0v) is 8.29. The van der Waals surface area contributed by atoms with Crippen LogP contribution in [0.5, 0.6) is 0 Å². The third kappa shape index (κ3) is 1.65. The van der Waals surface area contributed by atoms with Crippen molar-refractivity contribution in [2.75, 3.05) is 0 Å². The molecule has 0 aliphatic heterocycles. The lowest BCUT2D eigenvalue weighted by Gasteiger charge is -2.08. The Bertz CT molecular complexity index is 369. The smallest absolute Gasteiger partial charge is 0.303 e. The first-order valence-corrected chi connectivity index (χ1v) is 4.98. The maximum atomic E-state index is 10.6. The summed E-state index contributed by atoms with van der Waals surface area (Å²) in [5.74, 6) is -0.452. The van der Waals surface area contributed by atoms with Gasteiger partial charge in [0.2, 0.25) is 0 Å². The van der Waals surface area contributed by atoms with Gasteiger partial charge in [0, 0.05) is 0 Å². The third-order valence-electron chi connectivity index (χ3n) is 2.92. The molecule has 0 amide bonds. The molecule has 1 aromatic carbocycles. The summed E-state index contributed by atoms with van der Waals surface area (Å²) in [6.45, 7) is 2.07. The fraction of sp³-hybridized carbons (Fsp3) is 0.417. The molecule has 0 saturated heterocycles. The van der Waals surface area contributed by atoms with E-state index in [1.165, 1.54) is 16.7 Å². The lowest BCUT2D eigenvalue weighted by Crippen LogP contribution is -2.02. The highest BCUT2D eigenvalue weighted by atomic mass is 16.4. The van der Waals surface area contributed by atoms with Crippen molar-refractivity contribution in [1.29, 1.82) is 0 Å². The van der Waals surface area contributed by atoms with Gasteiger partial charge in [-0.05, 0) is 36.8 Å². The van der Waals surface area contributed by atoms with Gasteiger partial charge in [0.15, 0.2) is 0 Å². The standard InChI is InChI=1S/C12H14O2/c1-8-2-5-11-9(6-8)3-4-10(11)7-12(13)14/h2,5-6,10H,3-4,7H2,1H3,(H,13,14)/t10-/m1/s1. The molecule has 1 N–H and O–H groups in total.